The Kier molecular flexibility index (Phi) is 6.01. The fourth-order valence-electron chi connectivity index (χ4n) is 1.45. The summed E-state index contributed by atoms with van der Waals surface area (Å²) in [6.45, 7) is 6.15. The van der Waals surface area contributed by atoms with E-state index in [9.17, 15) is 4.79 Å². The molecule has 1 heterocycles. The van der Waals surface area contributed by atoms with Gasteiger partial charge in [0.25, 0.3) is 0 Å². The van der Waals surface area contributed by atoms with E-state index in [-0.39, 0.29) is 18.6 Å². The van der Waals surface area contributed by atoms with Crippen molar-refractivity contribution in [3.63, 3.8) is 0 Å². The van der Waals surface area contributed by atoms with E-state index in [1.54, 1.807) is 18.0 Å². The molecule has 0 amide bonds. The molecular weight excluding hydrogens is 314 g/mol. The van der Waals surface area contributed by atoms with Crippen LogP contribution in [0.5, 0.6) is 5.88 Å². The van der Waals surface area contributed by atoms with Crippen LogP contribution in [0.4, 0.5) is 5.95 Å². The zero-order chi connectivity index (χ0) is 14.4. The predicted octanol–water partition coefficient (Wildman–Crippen LogP) is 2.03. The van der Waals surface area contributed by atoms with E-state index < -0.39 is 0 Å². The molecule has 7 heteroatoms. The van der Waals surface area contributed by atoms with Crippen molar-refractivity contribution in [3.05, 3.63) is 10.7 Å². The highest BCUT2D eigenvalue weighted by Gasteiger charge is 2.19. The summed E-state index contributed by atoms with van der Waals surface area (Å²) in [4.78, 5) is 21.8. The third-order valence-corrected chi connectivity index (χ3v) is 2.92. The summed E-state index contributed by atoms with van der Waals surface area (Å²) >= 11 is 3.29. The molecule has 0 aliphatic carbocycles. The monoisotopic (exact) mass is 331 g/mol. The number of hydrogen-bond acceptors (Lipinski definition) is 6. The van der Waals surface area contributed by atoms with Crippen molar-refractivity contribution in [3.8, 4) is 5.88 Å². The van der Waals surface area contributed by atoms with Gasteiger partial charge in [0.15, 0.2) is 0 Å². The Morgan fingerprint density at radius 1 is 1.53 bits per heavy atom. The van der Waals surface area contributed by atoms with Crippen LogP contribution in [0.1, 0.15) is 20.8 Å². The SMILES string of the molecule is CCOC(=O)CN(c1ncc(Br)c(OC)n1)C(C)C. The molecule has 0 aliphatic heterocycles. The minimum Gasteiger partial charge on any atom is -0.480 e. The van der Waals surface area contributed by atoms with Gasteiger partial charge in [-0.3, -0.25) is 4.79 Å². The van der Waals surface area contributed by atoms with Crippen molar-refractivity contribution < 1.29 is 14.3 Å². The second-order valence-corrected chi connectivity index (χ2v) is 4.91. The molecule has 0 fully saturated rings. The predicted molar refractivity (Wildman–Crippen MR) is 75.4 cm³/mol. The molecule has 0 saturated carbocycles. The van der Waals surface area contributed by atoms with Crippen LogP contribution in [0, 0.1) is 0 Å². The van der Waals surface area contributed by atoms with Crippen molar-refractivity contribution in [1.82, 2.24) is 9.97 Å². The molecule has 0 N–H and O–H groups in total. The highest BCUT2D eigenvalue weighted by atomic mass is 79.9. The van der Waals surface area contributed by atoms with Gasteiger partial charge < -0.3 is 14.4 Å². The molecule has 0 bridgehead atoms. The first-order chi connectivity index (χ1) is 8.99. The third-order valence-electron chi connectivity index (χ3n) is 2.38. The number of halogens is 1. The molecule has 1 rings (SSSR count). The smallest absolute Gasteiger partial charge is 0.325 e. The highest BCUT2D eigenvalue weighted by molar-refractivity contribution is 9.10. The number of methoxy groups -OCH3 is 1. The lowest BCUT2D eigenvalue weighted by atomic mass is 10.3. The van der Waals surface area contributed by atoms with Crippen molar-refractivity contribution >= 4 is 27.8 Å². The van der Waals surface area contributed by atoms with Crippen molar-refractivity contribution in [2.24, 2.45) is 0 Å². The van der Waals surface area contributed by atoms with Crippen molar-refractivity contribution in [2.45, 2.75) is 26.8 Å². The van der Waals surface area contributed by atoms with Gasteiger partial charge >= 0.3 is 5.97 Å². The van der Waals surface area contributed by atoms with Crippen molar-refractivity contribution in [2.75, 3.05) is 25.2 Å². The lowest BCUT2D eigenvalue weighted by Crippen LogP contribution is -2.37. The Labute approximate surface area is 121 Å². The van der Waals surface area contributed by atoms with Crippen LogP contribution in [0.25, 0.3) is 0 Å². The molecule has 19 heavy (non-hydrogen) atoms. The van der Waals surface area contributed by atoms with E-state index in [2.05, 4.69) is 25.9 Å². The number of aromatic nitrogens is 2. The number of rotatable bonds is 6. The summed E-state index contributed by atoms with van der Waals surface area (Å²) in [6, 6.07) is 0.0651. The molecule has 0 aromatic carbocycles. The fraction of sp³-hybridized carbons (Fsp3) is 0.583. The second-order valence-electron chi connectivity index (χ2n) is 4.05. The zero-order valence-electron chi connectivity index (χ0n) is 11.5. The number of carbonyl (C=O) groups excluding carboxylic acids is 1. The molecule has 6 nitrogen and oxygen atoms in total. The Bertz CT molecular complexity index is 440. The average Bonchev–Trinajstić information content (AvgIpc) is 2.37. The Morgan fingerprint density at radius 2 is 2.21 bits per heavy atom. The highest BCUT2D eigenvalue weighted by Crippen LogP contribution is 2.24. The molecule has 0 radical (unpaired) electrons. The topological polar surface area (TPSA) is 64.5 Å². The first kappa shape index (κ1) is 15.7. The van der Waals surface area contributed by atoms with E-state index in [0.717, 1.165) is 0 Å². The largest absolute Gasteiger partial charge is 0.480 e. The number of esters is 1. The lowest BCUT2D eigenvalue weighted by molar-refractivity contribution is -0.141. The number of anilines is 1. The molecule has 1 aromatic rings. The molecule has 0 atom stereocenters. The lowest BCUT2D eigenvalue weighted by Gasteiger charge is -2.25. The van der Waals surface area contributed by atoms with Gasteiger partial charge in [-0.25, -0.2) is 4.98 Å². The maximum atomic E-state index is 11.6. The maximum absolute atomic E-state index is 11.6. The van der Waals surface area contributed by atoms with E-state index in [0.29, 0.717) is 22.9 Å². The van der Waals surface area contributed by atoms with Gasteiger partial charge in [0.2, 0.25) is 11.8 Å². The van der Waals surface area contributed by atoms with E-state index in [1.807, 2.05) is 13.8 Å². The average molecular weight is 332 g/mol. The van der Waals surface area contributed by atoms with Crippen LogP contribution < -0.4 is 9.64 Å². The number of ether oxygens (including phenoxy) is 2. The van der Waals surface area contributed by atoms with Crippen LogP contribution in [-0.4, -0.2) is 42.2 Å². The minimum absolute atomic E-state index is 0.0651. The van der Waals surface area contributed by atoms with Crippen LogP contribution in [0.2, 0.25) is 0 Å². The van der Waals surface area contributed by atoms with Gasteiger partial charge in [0.05, 0.1) is 24.4 Å². The summed E-state index contributed by atoms with van der Waals surface area (Å²) in [5.41, 5.74) is 0. The molecule has 0 aliphatic rings. The number of hydrogen-bond donors (Lipinski definition) is 0. The summed E-state index contributed by atoms with van der Waals surface area (Å²) in [7, 11) is 1.53. The molecule has 0 unspecified atom stereocenters. The first-order valence-corrected chi connectivity index (χ1v) is 6.77. The van der Waals surface area contributed by atoms with Crippen LogP contribution in [0.15, 0.2) is 10.7 Å². The molecular formula is C12H18BrN3O3. The van der Waals surface area contributed by atoms with Gasteiger partial charge in [-0.05, 0) is 36.7 Å². The Hall–Kier alpha value is -1.37. The molecule has 0 saturated heterocycles. The van der Waals surface area contributed by atoms with Gasteiger partial charge in [0.1, 0.15) is 6.54 Å². The number of nitrogens with zero attached hydrogens (tertiary/aromatic N) is 3. The van der Waals surface area contributed by atoms with E-state index >= 15 is 0 Å². The van der Waals surface area contributed by atoms with E-state index in [4.69, 9.17) is 9.47 Å². The number of carbonyl (C=O) groups is 1. The van der Waals surface area contributed by atoms with Crippen LogP contribution in [0.3, 0.4) is 0 Å². The van der Waals surface area contributed by atoms with E-state index in [1.165, 1.54) is 7.11 Å². The summed E-state index contributed by atoms with van der Waals surface area (Å²) in [6.07, 6.45) is 1.60. The maximum Gasteiger partial charge on any atom is 0.325 e. The van der Waals surface area contributed by atoms with Crippen molar-refractivity contribution in [1.29, 1.82) is 0 Å². The second kappa shape index (κ2) is 7.28. The molecule has 0 spiro atoms. The van der Waals surface area contributed by atoms with Crippen LogP contribution in [-0.2, 0) is 9.53 Å². The summed E-state index contributed by atoms with van der Waals surface area (Å²) in [5.74, 6) is 0.560. The first-order valence-electron chi connectivity index (χ1n) is 5.98. The Balaban J connectivity index is 2.96. The van der Waals surface area contributed by atoms with Gasteiger partial charge in [-0.15, -0.1) is 0 Å². The van der Waals surface area contributed by atoms with Gasteiger partial charge in [-0.2, -0.15) is 4.98 Å². The van der Waals surface area contributed by atoms with Gasteiger partial charge in [-0.1, -0.05) is 0 Å². The Morgan fingerprint density at radius 3 is 2.74 bits per heavy atom. The minimum atomic E-state index is -0.304. The normalized spacial score (nSPS) is 10.4. The quantitative estimate of drug-likeness (QED) is 0.743. The zero-order valence-corrected chi connectivity index (χ0v) is 13.1. The van der Waals surface area contributed by atoms with Crippen LogP contribution >= 0.6 is 15.9 Å². The standard InChI is InChI=1S/C12H18BrN3O3/c1-5-19-10(17)7-16(8(2)3)12-14-6-9(13)11(15-12)18-4/h6,8H,5,7H2,1-4H3. The summed E-state index contributed by atoms with van der Waals surface area (Å²) in [5, 5.41) is 0. The van der Waals surface area contributed by atoms with Gasteiger partial charge in [0, 0.05) is 6.04 Å². The third kappa shape index (κ3) is 4.34. The molecule has 1 aromatic heterocycles. The summed E-state index contributed by atoms with van der Waals surface area (Å²) < 4.78 is 10.7. The molecule has 106 valence electrons. The fourth-order valence-corrected chi connectivity index (χ4v) is 1.81.